The first-order chi connectivity index (χ1) is 10.9. The molecule has 0 spiro atoms. The molecule has 0 fully saturated rings. The Kier molecular flexibility index (Phi) is 5.49. The van der Waals surface area contributed by atoms with E-state index in [4.69, 9.17) is 4.52 Å². The van der Waals surface area contributed by atoms with Gasteiger partial charge in [0.05, 0.1) is 17.4 Å². The summed E-state index contributed by atoms with van der Waals surface area (Å²) in [4.78, 5) is 17.9. The molecule has 1 atom stereocenters. The van der Waals surface area contributed by atoms with E-state index in [2.05, 4.69) is 17.1 Å². The molecule has 0 aliphatic carbocycles. The van der Waals surface area contributed by atoms with Gasteiger partial charge in [-0.1, -0.05) is 18.1 Å². The Morgan fingerprint density at radius 1 is 1.43 bits per heavy atom. The quantitative estimate of drug-likeness (QED) is 0.781. The van der Waals surface area contributed by atoms with Crippen molar-refractivity contribution < 1.29 is 19.5 Å². The first-order valence-electron chi connectivity index (χ1n) is 7.14. The molecule has 2 aromatic rings. The van der Waals surface area contributed by atoms with Gasteiger partial charge >= 0.3 is 0 Å². The molecule has 1 aromatic carbocycles. The predicted octanol–water partition coefficient (Wildman–Crippen LogP) is 2.57. The molecule has 2 N–H and O–H groups in total. The van der Waals surface area contributed by atoms with E-state index in [0.29, 0.717) is 11.7 Å². The molecule has 23 heavy (non-hydrogen) atoms. The average Bonchev–Trinajstić information content (AvgIpc) is 2.98. The minimum atomic E-state index is -0.450. The number of rotatable bonds is 6. The second-order valence-electron chi connectivity index (χ2n) is 4.98. The lowest BCUT2D eigenvalue weighted by molar-refractivity contribution is 0.0766. The maximum Gasteiger partial charge on any atom is 0.257 e. The molecule has 0 aliphatic rings. The van der Waals surface area contributed by atoms with Crippen molar-refractivity contribution in [2.75, 3.05) is 12.8 Å². The van der Waals surface area contributed by atoms with Crippen molar-refractivity contribution in [3.8, 4) is 11.5 Å². The van der Waals surface area contributed by atoms with Gasteiger partial charge < -0.3 is 19.6 Å². The van der Waals surface area contributed by atoms with E-state index in [9.17, 15) is 15.0 Å². The van der Waals surface area contributed by atoms with Crippen LogP contribution in [0, 0.1) is 0 Å². The first kappa shape index (κ1) is 17.1. The maximum absolute atomic E-state index is 12.3. The lowest BCUT2D eigenvalue weighted by Crippen LogP contribution is -2.26. The number of aromatic nitrogens is 2. The van der Waals surface area contributed by atoms with E-state index in [1.54, 1.807) is 18.8 Å². The Morgan fingerprint density at radius 3 is 2.87 bits per heavy atom. The number of hydrogen-bond acceptors (Lipinski definition) is 7. The topological polar surface area (TPSA) is 99.7 Å². The monoisotopic (exact) mass is 337 g/mol. The number of phenols is 2. The van der Waals surface area contributed by atoms with E-state index < -0.39 is 11.7 Å². The minimum Gasteiger partial charge on any atom is -0.504 e. The Balaban J connectivity index is 2.08. The van der Waals surface area contributed by atoms with Gasteiger partial charge in [0.2, 0.25) is 5.89 Å². The van der Waals surface area contributed by atoms with E-state index in [-0.39, 0.29) is 23.1 Å². The summed E-state index contributed by atoms with van der Waals surface area (Å²) in [7, 11) is 1.56. The van der Waals surface area contributed by atoms with Crippen molar-refractivity contribution in [1.82, 2.24) is 15.0 Å². The third-order valence-corrected chi connectivity index (χ3v) is 4.27. The second kappa shape index (κ2) is 7.36. The van der Waals surface area contributed by atoms with Gasteiger partial charge in [-0.2, -0.15) is 16.7 Å². The van der Waals surface area contributed by atoms with Crippen molar-refractivity contribution in [2.45, 2.75) is 25.6 Å². The molecule has 2 rings (SSSR count). The summed E-state index contributed by atoms with van der Waals surface area (Å²) in [5, 5.41) is 23.3. The molecule has 0 saturated carbocycles. The maximum atomic E-state index is 12.3. The van der Waals surface area contributed by atoms with Gasteiger partial charge in [0.15, 0.2) is 17.3 Å². The summed E-state index contributed by atoms with van der Waals surface area (Å²) in [6, 6.07) is 4.24. The normalized spacial score (nSPS) is 12.1. The van der Waals surface area contributed by atoms with Crippen molar-refractivity contribution in [1.29, 1.82) is 0 Å². The smallest absolute Gasteiger partial charge is 0.257 e. The first-order valence-corrected chi connectivity index (χ1v) is 8.19. The lowest BCUT2D eigenvalue weighted by atomic mass is 10.1. The van der Waals surface area contributed by atoms with Crippen LogP contribution < -0.4 is 0 Å². The number of nitrogens with zero attached hydrogens (tertiary/aromatic N) is 3. The van der Waals surface area contributed by atoms with Crippen LogP contribution in [0.4, 0.5) is 0 Å². The summed E-state index contributed by atoms with van der Waals surface area (Å²) >= 11 is 1.70. The van der Waals surface area contributed by atoms with Crippen molar-refractivity contribution in [3.63, 3.8) is 0 Å². The van der Waals surface area contributed by atoms with Crippen LogP contribution in [0.3, 0.4) is 0 Å². The number of para-hydroxylation sites is 1. The van der Waals surface area contributed by atoms with E-state index in [1.807, 2.05) is 6.92 Å². The summed E-state index contributed by atoms with van der Waals surface area (Å²) in [6.45, 7) is 4.16. The van der Waals surface area contributed by atoms with Crippen molar-refractivity contribution >= 4 is 17.7 Å². The summed E-state index contributed by atoms with van der Waals surface area (Å²) in [5.41, 5.74) is 0.0159. The fourth-order valence-electron chi connectivity index (χ4n) is 2.01. The van der Waals surface area contributed by atoms with Crippen molar-refractivity contribution in [3.05, 3.63) is 35.5 Å². The van der Waals surface area contributed by atoms with Crippen LogP contribution >= 0.6 is 11.8 Å². The molecular weight excluding hydrogens is 318 g/mol. The zero-order chi connectivity index (χ0) is 17.0. The fraction of sp³-hybridized carbons (Fsp3) is 0.400. The molecule has 124 valence electrons. The summed E-state index contributed by atoms with van der Waals surface area (Å²) < 4.78 is 5.16. The Morgan fingerprint density at radius 2 is 2.17 bits per heavy atom. The zero-order valence-electron chi connectivity index (χ0n) is 13.2. The largest absolute Gasteiger partial charge is 0.504 e. The van der Waals surface area contributed by atoms with E-state index in [0.717, 1.165) is 5.75 Å². The number of phenolic OH excluding ortho intramolecular Hbond substituents is 2. The molecule has 1 aromatic heterocycles. The van der Waals surface area contributed by atoms with Gasteiger partial charge in [0.1, 0.15) is 0 Å². The Bertz CT molecular complexity index is 689. The third kappa shape index (κ3) is 3.95. The second-order valence-corrected chi connectivity index (χ2v) is 6.60. The lowest BCUT2D eigenvalue weighted by Gasteiger charge is -2.15. The minimum absolute atomic E-state index is 0.0159. The van der Waals surface area contributed by atoms with Gasteiger partial charge in [0.25, 0.3) is 5.91 Å². The predicted molar refractivity (Wildman–Crippen MR) is 86.4 cm³/mol. The molecule has 0 saturated heterocycles. The highest BCUT2D eigenvalue weighted by atomic mass is 32.2. The van der Waals surface area contributed by atoms with Crippen LogP contribution in [0.2, 0.25) is 0 Å². The third-order valence-electron chi connectivity index (χ3n) is 3.23. The fourth-order valence-corrected chi connectivity index (χ4v) is 2.75. The highest BCUT2D eigenvalue weighted by Crippen LogP contribution is 2.29. The van der Waals surface area contributed by atoms with Crippen LogP contribution in [0.25, 0.3) is 0 Å². The van der Waals surface area contributed by atoms with Gasteiger partial charge in [-0.3, -0.25) is 4.79 Å². The molecule has 1 amide bonds. The van der Waals surface area contributed by atoms with Gasteiger partial charge in [0, 0.05) is 7.05 Å². The standard InChI is InChI=1S/C15H19N3O4S/c1-4-23-9(2)14-16-12(22-17-14)8-18(3)15(21)10-6-5-7-11(19)13(10)20/h5-7,9,19-20H,4,8H2,1-3H3/t9-/m1/s1. The van der Waals surface area contributed by atoms with Gasteiger partial charge in [-0.15, -0.1) is 0 Å². The number of thioether (sulfide) groups is 1. The number of hydrogen-bond donors (Lipinski definition) is 2. The highest BCUT2D eigenvalue weighted by molar-refractivity contribution is 7.99. The van der Waals surface area contributed by atoms with Crippen LogP contribution in [0.1, 0.15) is 41.2 Å². The van der Waals surface area contributed by atoms with E-state index in [1.165, 1.54) is 23.1 Å². The Labute approximate surface area is 138 Å². The zero-order valence-corrected chi connectivity index (χ0v) is 14.0. The molecule has 8 heteroatoms. The molecule has 7 nitrogen and oxygen atoms in total. The molecule has 0 radical (unpaired) electrons. The average molecular weight is 337 g/mol. The number of carbonyl (C=O) groups is 1. The molecule has 0 bridgehead atoms. The van der Waals surface area contributed by atoms with Crippen LogP contribution in [0.5, 0.6) is 11.5 Å². The van der Waals surface area contributed by atoms with Crippen LogP contribution in [0.15, 0.2) is 22.7 Å². The highest BCUT2D eigenvalue weighted by Gasteiger charge is 2.21. The van der Waals surface area contributed by atoms with Crippen molar-refractivity contribution in [2.24, 2.45) is 0 Å². The molecule has 0 unspecified atom stereocenters. The number of aromatic hydroxyl groups is 2. The Hall–Kier alpha value is -2.22. The number of amides is 1. The number of benzene rings is 1. The van der Waals surface area contributed by atoms with E-state index >= 15 is 0 Å². The van der Waals surface area contributed by atoms with Crippen LogP contribution in [-0.4, -0.2) is 44.0 Å². The van der Waals surface area contributed by atoms with Gasteiger partial charge in [-0.05, 0) is 24.8 Å². The molecule has 0 aliphatic heterocycles. The molecule has 1 heterocycles. The number of carbonyl (C=O) groups excluding carboxylic acids is 1. The summed E-state index contributed by atoms with van der Waals surface area (Å²) in [5.74, 6) is 0.625. The van der Waals surface area contributed by atoms with Gasteiger partial charge in [-0.25, -0.2) is 0 Å². The SMILES string of the molecule is CCS[C@H](C)c1noc(CN(C)C(=O)c2cccc(O)c2O)n1. The summed E-state index contributed by atoms with van der Waals surface area (Å²) in [6.07, 6.45) is 0. The molecular formula is C15H19N3O4S. The van der Waals surface area contributed by atoms with Crippen LogP contribution in [-0.2, 0) is 6.54 Å².